The Morgan fingerprint density at radius 3 is 2.93 bits per heavy atom. The molecule has 0 aromatic heterocycles. The summed E-state index contributed by atoms with van der Waals surface area (Å²) in [6, 6.07) is 0. The van der Waals surface area contributed by atoms with Gasteiger partial charge in [0.1, 0.15) is 0 Å². The van der Waals surface area contributed by atoms with Crippen molar-refractivity contribution in [2.24, 2.45) is 5.73 Å². The zero-order valence-corrected chi connectivity index (χ0v) is 9.75. The minimum absolute atomic E-state index is 0.108. The SMILES string of the molecule is CCC1(NCCCOC)C=CC(N)=CC1. The van der Waals surface area contributed by atoms with E-state index in [1.807, 2.05) is 6.08 Å². The third kappa shape index (κ3) is 3.68. The zero-order valence-electron chi connectivity index (χ0n) is 9.75. The number of nitrogens with one attached hydrogen (secondary N) is 1. The number of hydrogen-bond donors (Lipinski definition) is 2. The van der Waals surface area contributed by atoms with E-state index in [1.165, 1.54) is 0 Å². The van der Waals surface area contributed by atoms with E-state index < -0.39 is 0 Å². The highest BCUT2D eigenvalue weighted by Gasteiger charge is 2.24. The van der Waals surface area contributed by atoms with E-state index in [4.69, 9.17) is 10.5 Å². The van der Waals surface area contributed by atoms with Gasteiger partial charge in [-0.1, -0.05) is 19.1 Å². The van der Waals surface area contributed by atoms with Crippen LogP contribution in [-0.2, 0) is 4.74 Å². The molecule has 15 heavy (non-hydrogen) atoms. The van der Waals surface area contributed by atoms with Gasteiger partial charge in [0.05, 0.1) is 0 Å². The zero-order chi connectivity index (χ0) is 11.1. The van der Waals surface area contributed by atoms with Crippen LogP contribution in [0.1, 0.15) is 26.2 Å². The van der Waals surface area contributed by atoms with Crippen LogP contribution in [0.3, 0.4) is 0 Å². The van der Waals surface area contributed by atoms with Gasteiger partial charge in [0.15, 0.2) is 0 Å². The highest BCUT2D eigenvalue weighted by Crippen LogP contribution is 2.22. The number of rotatable bonds is 6. The molecule has 3 nitrogen and oxygen atoms in total. The van der Waals surface area contributed by atoms with Crippen molar-refractivity contribution in [1.82, 2.24) is 5.32 Å². The second-order valence-corrected chi connectivity index (χ2v) is 4.02. The van der Waals surface area contributed by atoms with Crippen LogP contribution in [0.4, 0.5) is 0 Å². The van der Waals surface area contributed by atoms with Crippen LogP contribution in [0, 0.1) is 0 Å². The lowest BCUT2D eigenvalue weighted by Gasteiger charge is -2.32. The first-order chi connectivity index (χ1) is 7.22. The van der Waals surface area contributed by atoms with E-state index in [2.05, 4.69) is 24.4 Å². The fraction of sp³-hybridized carbons (Fsp3) is 0.667. The lowest BCUT2D eigenvalue weighted by atomic mass is 9.87. The molecule has 0 heterocycles. The van der Waals surface area contributed by atoms with Crippen molar-refractivity contribution in [1.29, 1.82) is 0 Å². The summed E-state index contributed by atoms with van der Waals surface area (Å²) in [6.07, 6.45) is 9.39. The molecular formula is C12H22N2O. The Hall–Kier alpha value is -0.800. The summed E-state index contributed by atoms with van der Waals surface area (Å²) >= 11 is 0. The summed E-state index contributed by atoms with van der Waals surface area (Å²) in [5.74, 6) is 0. The van der Waals surface area contributed by atoms with Crippen molar-refractivity contribution in [2.75, 3.05) is 20.3 Å². The Bertz CT molecular complexity index is 248. The number of ether oxygens (including phenoxy) is 1. The first kappa shape index (κ1) is 12.3. The maximum atomic E-state index is 5.71. The van der Waals surface area contributed by atoms with Crippen molar-refractivity contribution in [3.63, 3.8) is 0 Å². The maximum absolute atomic E-state index is 5.71. The summed E-state index contributed by atoms with van der Waals surface area (Å²) in [7, 11) is 1.74. The van der Waals surface area contributed by atoms with Gasteiger partial charge >= 0.3 is 0 Å². The van der Waals surface area contributed by atoms with E-state index in [0.717, 1.165) is 38.1 Å². The van der Waals surface area contributed by atoms with Crippen molar-refractivity contribution in [3.8, 4) is 0 Å². The number of allylic oxidation sites excluding steroid dienone is 1. The summed E-state index contributed by atoms with van der Waals surface area (Å²) < 4.78 is 5.02. The third-order valence-electron chi connectivity index (χ3n) is 2.93. The molecule has 1 aliphatic carbocycles. The van der Waals surface area contributed by atoms with Crippen molar-refractivity contribution in [2.45, 2.75) is 31.7 Å². The molecular weight excluding hydrogens is 188 g/mol. The fourth-order valence-electron chi connectivity index (χ4n) is 1.76. The molecule has 3 N–H and O–H groups in total. The highest BCUT2D eigenvalue weighted by atomic mass is 16.5. The topological polar surface area (TPSA) is 47.3 Å². The average Bonchev–Trinajstić information content (AvgIpc) is 2.28. The first-order valence-corrected chi connectivity index (χ1v) is 5.61. The Morgan fingerprint density at radius 1 is 1.60 bits per heavy atom. The van der Waals surface area contributed by atoms with Crippen molar-refractivity contribution >= 4 is 0 Å². The van der Waals surface area contributed by atoms with Crippen LogP contribution in [0.15, 0.2) is 23.9 Å². The molecule has 0 amide bonds. The molecule has 0 radical (unpaired) electrons. The molecule has 0 aromatic rings. The van der Waals surface area contributed by atoms with Crippen molar-refractivity contribution in [3.05, 3.63) is 23.9 Å². The van der Waals surface area contributed by atoms with E-state index in [9.17, 15) is 0 Å². The average molecular weight is 210 g/mol. The molecule has 0 saturated heterocycles. The first-order valence-electron chi connectivity index (χ1n) is 5.61. The van der Waals surface area contributed by atoms with E-state index in [-0.39, 0.29) is 5.54 Å². The Balaban J connectivity index is 2.38. The fourth-order valence-corrected chi connectivity index (χ4v) is 1.76. The molecule has 0 aliphatic heterocycles. The van der Waals surface area contributed by atoms with Gasteiger partial charge in [-0.2, -0.15) is 0 Å². The highest BCUT2D eigenvalue weighted by molar-refractivity contribution is 5.27. The molecule has 0 bridgehead atoms. The van der Waals surface area contributed by atoms with Gasteiger partial charge in [-0.25, -0.2) is 0 Å². The van der Waals surface area contributed by atoms with Gasteiger partial charge in [-0.3, -0.25) is 0 Å². The van der Waals surface area contributed by atoms with Gasteiger partial charge in [0.25, 0.3) is 0 Å². The van der Waals surface area contributed by atoms with E-state index in [0.29, 0.717) is 0 Å². The third-order valence-corrected chi connectivity index (χ3v) is 2.93. The minimum Gasteiger partial charge on any atom is -0.399 e. The van der Waals surface area contributed by atoms with Gasteiger partial charge in [-0.15, -0.1) is 0 Å². The van der Waals surface area contributed by atoms with Crippen LogP contribution < -0.4 is 11.1 Å². The van der Waals surface area contributed by atoms with E-state index >= 15 is 0 Å². The smallest absolute Gasteiger partial charge is 0.0474 e. The maximum Gasteiger partial charge on any atom is 0.0474 e. The second kappa shape index (κ2) is 5.93. The molecule has 0 saturated carbocycles. The van der Waals surface area contributed by atoms with E-state index in [1.54, 1.807) is 7.11 Å². The van der Waals surface area contributed by atoms with Crippen LogP contribution in [-0.4, -0.2) is 25.8 Å². The monoisotopic (exact) mass is 210 g/mol. The summed E-state index contributed by atoms with van der Waals surface area (Å²) in [5, 5.41) is 3.57. The molecule has 86 valence electrons. The largest absolute Gasteiger partial charge is 0.399 e. The van der Waals surface area contributed by atoms with Gasteiger partial charge in [0, 0.05) is 25.0 Å². The predicted octanol–water partition coefficient (Wildman–Crippen LogP) is 1.56. The summed E-state index contributed by atoms with van der Waals surface area (Å²) in [5.41, 5.74) is 6.69. The molecule has 0 aromatic carbocycles. The predicted molar refractivity (Wildman–Crippen MR) is 63.5 cm³/mol. The lowest BCUT2D eigenvalue weighted by molar-refractivity contribution is 0.191. The van der Waals surface area contributed by atoms with Crippen LogP contribution in [0.5, 0.6) is 0 Å². The molecule has 3 heteroatoms. The van der Waals surface area contributed by atoms with Gasteiger partial charge < -0.3 is 15.8 Å². The second-order valence-electron chi connectivity index (χ2n) is 4.02. The van der Waals surface area contributed by atoms with Gasteiger partial charge in [0.2, 0.25) is 0 Å². The van der Waals surface area contributed by atoms with Crippen molar-refractivity contribution < 1.29 is 4.74 Å². The molecule has 1 atom stereocenters. The lowest BCUT2D eigenvalue weighted by Crippen LogP contribution is -2.44. The summed E-state index contributed by atoms with van der Waals surface area (Å²) in [4.78, 5) is 0. The normalized spacial score (nSPS) is 25.3. The Labute approximate surface area is 92.4 Å². The number of hydrogen-bond acceptors (Lipinski definition) is 3. The molecule has 0 fully saturated rings. The Kier molecular flexibility index (Phi) is 4.85. The molecule has 0 spiro atoms. The number of nitrogens with two attached hydrogens (primary N) is 1. The van der Waals surface area contributed by atoms with Gasteiger partial charge in [-0.05, 0) is 31.9 Å². The standard InChI is InChI=1S/C12H22N2O/c1-3-12(14-9-4-10-15-2)7-5-11(13)6-8-12/h5-7,14H,3-4,8-10,13H2,1-2H3. The molecule has 1 unspecified atom stereocenters. The van der Waals surface area contributed by atoms with Crippen LogP contribution in [0.2, 0.25) is 0 Å². The summed E-state index contributed by atoms with van der Waals surface area (Å²) in [6.45, 7) is 4.00. The molecule has 1 rings (SSSR count). The number of methoxy groups -OCH3 is 1. The van der Waals surface area contributed by atoms with Crippen LogP contribution >= 0.6 is 0 Å². The quantitative estimate of drug-likeness (QED) is 0.654. The minimum atomic E-state index is 0.108. The van der Waals surface area contributed by atoms with Crippen LogP contribution in [0.25, 0.3) is 0 Å². The molecule has 1 aliphatic rings. The Morgan fingerprint density at radius 2 is 2.40 bits per heavy atom.